The Morgan fingerprint density at radius 2 is 2.05 bits per heavy atom. The second-order valence-corrected chi connectivity index (χ2v) is 8.02. The number of carbonyl (C=O) groups excluding carboxylic acids is 1. The summed E-state index contributed by atoms with van der Waals surface area (Å²) < 4.78 is 18.9. The molecule has 110 valence electrons. The topological polar surface area (TPSA) is 58.6 Å². The van der Waals surface area contributed by atoms with Crippen molar-refractivity contribution in [1.82, 2.24) is 9.62 Å². The Morgan fingerprint density at radius 3 is 2.47 bits per heavy atom. The molecule has 0 radical (unpaired) electrons. The van der Waals surface area contributed by atoms with Crippen LogP contribution in [0.2, 0.25) is 0 Å². The van der Waals surface area contributed by atoms with Gasteiger partial charge in [0.25, 0.3) is 0 Å². The van der Waals surface area contributed by atoms with E-state index in [0.29, 0.717) is 6.54 Å². The first-order chi connectivity index (χ1) is 8.72. The first-order valence-electron chi connectivity index (χ1n) is 6.80. The van der Waals surface area contributed by atoms with Gasteiger partial charge in [-0.15, -0.1) is 0 Å². The highest BCUT2D eigenvalue weighted by Gasteiger charge is 2.52. The minimum absolute atomic E-state index is 0.0556. The number of rotatable bonds is 2. The third-order valence-electron chi connectivity index (χ3n) is 4.02. The Morgan fingerprint density at radius 1 is 1.42 bits per heavy atom. The maximum atomic E-state index is 11.9. The zero-order valence-electron chi connectivity index (χ0n) is 12.2. The number of nitrogens with zero attached hydrogens (tertiary/aromatic N) is 1. The van der Waals surface area contributed by atoms with Crippen LogP contribution in [0, 0.1) is 5.41 Å². The Kier molecular flexibility index (Phi) is 3.93. The van der Waals surface area contributed by atoms with Gasteiger partial charge in [-0.2, -0.15) is 0 Å². The van der Waals surface area contributed by atoms with Gasteiger partial charge >= 0.3 is 6.09 Å². The molecule has 1 amide bonds. The second-order valence-electron chi connectivity index (χ2n) is 6.66. The van der Waals surface area contributed by atoms with Crippen LogP contribution < -0.4 is 5.32 Å². The van der Waals surface area contributed by atoms with Crippen LogP contribution in [-0.4, -0.2) is 45.6 Å². The summed E-state index contributed by atoms with van der Waals surface area (Å²) in [7, 11) is -0.969. The lowest BCUT2D eigenvalue weighted by atomic mass is 9.66. The number of ether oxygens (including phenoxy) is 1. The minimum atomic E-state index is -0.969. The van der Waals surface area contributed by atoms with E-state index in [1.54, 1.807) is 6.26 Å². The minimum Gasteiger partial charge on any atom is -0.444 e. The fraction of sp³-hybridized carbons (Fsp3) is 0.923. The summed E-state index contributed by atoms with van der Waals surface area (Å²) in [4.78, 5) is 11.9. The van der Waals surface area contributed by atoms with E-state index in [-0.39, 0.29) is 17.6 Å². The van der Waals surface area contributed by atoms with Gasteiger partial charge in [0.1, 0.15) is 5.60 Å². The van der Waals surface area contributed by atoms with Crippen molar-refractivity contribution < 1.29 is 13.7 Å². The van der Waals surface area contributed by atoms with Crippen molar-refractivity contribution >= 4 is 17.1 Å². The Balaban J connectivity index is 1.98. The number of hydrogen-bond acceptors (Lipinski definition) is 3. The van der Waals surface area contributed by atoms with E-state index in [1.807, 2.05) is 25.1 Å². The molecule has 1 heterocycles. The van der Waals surface area contributed by atoms with Crippen molar-refractivity contribution in [3.05, 3.63) is 0 Å². The highest BCUT2D eigenvalue weighted by molar-refractivity contribution is 7.81. The molecular formula is C13H24N2O3S. The van der Waals surface area contributed by atoms with E-state index in [4.69, 9.17) is 4.74 Å². The van der Waals surface area contributed by atoms with Crippen LogP contribution in [0.25, 0.3) is 0 Å². The fourth-order valence-corrected chi connectivity index (χ4v) is 3.70. The molecule has 1 saturated carbocycles. The van der Waals surface area contributed by atoms with Crippen LogP contribution in [0.3, 0.4) is 0 Å². The first kappa shape index (κ1) is 14.8. The van der Waals surface area contributed by atoms with Gasteiger partial charge in [-0.1, -0.05) is 6.42 Å². The average Bonchev–Trinajstić information content (AvgIpc) is 2.53. The van der Waals surface area contributed by atoms with Gasteiger partial charge < -0.3 is 10.1 Å². The van der Waals surface area contributed by atoms with Crippen molar-refractivity contribution in [3.8, 4) is 0 Å². The lowest BCUT2D eigenvalue weighted by Crippen LogP contribution is -2.51. The first-order valence-corrected chi connectivity index (χ1v) is 8.31. The van der Waals surface area contributed by atoms with E-state index in [9.17, 15) is 9.00 Å². The molecule has 0 aromatic heterocycles. The molecule has 1 saturated heterocycles. The predicted molar refractivity (Wildman–Crippen MR) is 75.1 cm³/mol. The number of hydrogen-bond donors (Lipinski definition) is 1. The Bertz CT molecular complexity index is 388. The van der Waals surface area contributed by atoms with Crippen LogP contribution in [0.5, 0.6) is 0 Å². The van der Waals surface area contributed by atoms with E-state index >= 15 is 0 Å². The van der Waals surface area contributed by atoms with Crippen LogP contribution in [-0.2, 0) is 15.7 Å². The highest BCUT2D eigenvalue weighted by Crippen LogP contribution is 2.48. The molecule has 6 heteroatoms. The van der Waals surface area contributed by atoms with Gasteiger partial charge in [0.2, 0.25) is 0 Å². The number of carbonyl (C=O) groups is 1. The smallest absolute Gasteiger partial charge is 0.407 e. The maximum Gasteiger partial charge on any atom is 0.407 e. The molecule has 2 rings (SSSR count). The summed E-state index contributed by atoms with van der Waals surface area (Å²) in [5, 5.41) is 2.98. The summed E-state index contributed by atoms with van der Waals surface area (Å²) in [6.45, 7) is 7.04. The lowest BCUT2D eigenvalue weighted by Gasteiger charge is -2.42. The second kappa shape index (κ2) is 5.05. The van der Waals surface area contributed by atoms with Crippen LogP contribution in [0.1, 0.15) is 40.0 Å². The van der Waals surface area contributed by atoms with E-state index in [1.165, 1.54) is 6.42 Å². The molecular weight excluding hydrogens is 264 g/mol. The molecule has 0 bridgehead atoms. The molecule has 5 nitrogen and oxygen atoms in total. The summed E-state index contributed by atoms with van der Waals surface area (Å²) >= 11 is 0. The van der Waals surface area contributed by atoms with Gasteiger partial charge in [-0.05, 0) is 33.6 Å². The molecule has 2 aliphatic rings. The van der Waals surface area contributed by atoms with Crippen molar-refractivity contribution in [2.75, 3.05) is 19.3 Å². The van der Waals surface area contributed by atoms with E-state index in [2.05, 4.69) is 5.32 Å². The number of nitrogens with one attached hydrogen (secondary N) is 1. The standard InChI is InChI=1S/C13H24N2O3S/c1-12(2,3)18-11(16)14-10-8-15(19(4)17)9-13(10)6-5-7-13/h10H,5-9H2,1-4H3,(H,14,16). The normalized spacial score (nSPS) is 27.9. The number of amides is 1. The maximum absolute atomic E-state index is 11.9. The molecule has 1 aliphatic heterocycles. The summed E-state index contributed by atoms with van der Waals surface area (Å²) in [6, 6.07) is 0.0556. The molecule has 0 aromatic carbocycles. The molecule has 2 fully saturated rings. The van der Waals surface area contributed by atoms with Crippen molar-refractivity contribution in [3.63, 3.8) is 0 Å². The average molecular weight is 288 g/mol. The van der Waals surface area contributed by atoms with Crippen LogP contribution >= 0.6 is 0 Å². The van der Waals surface area contributed by atoms with E-state index in [0.717, 1.165) is 19.4 Å². The third-order valence-corrected chi connectivity index (χ3v) is 5.03. The van der Waals surface area contributed by atoms with Gasteiger partial charge in [0, 0.05) is 24.8 Å². The highest BCUT2D eigenvalue weighted by atomic mass is 32.2. The summed E-state index contributed by atoms with van der Waals surface area (Å²) in [6.07, 6.45) is 4.72. The predicted octanol–water partition coefficient (Wildman–Crippen LogP) is 1.66. The quantitative estimate of drug-likeness (QED) is 0.840. The largest absolute Gasteiger partial charge is 0.444 e. The lowest BCUT2D eigenvalue weighted by molar-refractivity contribution is 0.0405. The van der Waals surface area contributed by atoms with Crippen LogP contribution in [0.15, 0.2) is 0 Å². The summed E-state index contributed by atoms with van der Waals surface area (Å²) in [5.74, 6) is 0. The van der Waals surface area contributed by atoms with Crippen molar-refractivity contribution in [1.29, 1.82) is 0 Å². The summed E-state index contributed by atoms with van der Waals surface area (Å²) in [5.41, 5.74) is -0.370. The van der Waals surface area contributed by atoms with Gasteiger partial charge in [0.15, 0.2) is 0 Å². The molecule has 1 spiro atoms. The van der Waals surface area contributed by atoms with Crippen LogP contribution in [0.4, 0.5) is 4.79 Å². The zero-order valence-corrected chi connectivity index (χ0v) is 13.0. The zero-order chi connectivity index (χ0) is 14.3. The third kappa shape index (κ3) is 3.28. The van der Waals surface area contributed by atoms with Crippen molar-refractivity contribution in [2.24, 2.45) is 5.41 Å². The van der Waals surface area contributed by atoms with E-state index < -0.39 is 16.6 Å². The SMILES string of the molecule is CS(=O)N1CC(NC(=O)OC(C)(C)C)C2(CCC2)C1. The van der Waals surface area contributed by atoms with Gasteiger partial charge in [0.05, 0.1) is 17.0 Å². The molecule has 0 aromatic rings. The Hall–Kier alpha value is -0.620. The van der Waals surface area contributed by atoms with Gasteiger partial charge in [-0.3, -0.25) is 0 Å². The number of alkyl carbamates (subject to hydrolysis) is 1. The fourth-order valence-electron chi connectivity index (χ4n) is 2.91. The monoisotopic (exact) mass is 288 g/mol. The molecule has 1 N–H and O–H groups in total. The molecule has 1 aliphatic carbocycles. The van der Waals surface area contributed by atoms with Crippen molar-refractivity contribution in [2.45, 2.75) is 51.7 Å². The molecule has 2 atom stereocenters. The Labute approximate surface area is 117 Å². The van der Waals surface area contributed by atoms with Gasteiger partial charge in [-0.25, -0.2) is 13.3 Å². The molecule has 2 unspecified atom stereocenters. The molecule has 19 heavy (non-hydrogen) atoms.